The molecule has 4 nitrogen and oxygen atoms in total. The third-order valence-electron chi connectivity index (χ3n) is 3.61. The van der Waals surface area contributed by atoms with Crippen molar-refractivity contribution in [3.63, 3.8) is 0 Å². The first-order valence-electron chi connectivity index (χ1n) is 8.83. The van der Waals surface area contributed by atoms with Crippen molar-refractivity contribution in [1.29, 1.82) is 0 Å². The van der Waals surface area contributed by atoms with Gasteiger partial charge >= 0.3 is 5.97 Å². The lowest BCUT2D eigenvalue weighted by molar-refractivity contribution is -0.141. The molecule has 0 rings (SSSR count). The van der Waals surface area contributed by atoms with Crippen molar-refractivity contribution in [1.82, 2.24) is 0 Å². The number of carbonyl (C=O) groups excluding carboxylic acids is 1. The van der Waals surface area contributed by atoms with E-state index in [4.69, 9.17) is 14.9 Å². The monoisotopic (exact) mass is 314 g/mol. The summed E-state index contributed by atoms with van der Waals surface area (Å²) in [5, 5.41) is 17.6. The van der Waals surface area contributed by atoms with Gasteiger partial charge in [-0.1, -0.05) is 70.8 Å². The first kappa shape index (κ1) is 21.1. The summed E-state index contributed by atoms with van der Waals surface area (Å²) in [4.78, 5) is 11.2. The summed E-state index contributed by atoms with van der Waals surface area (Å²) in [6, 6.07) is 0. The minimum Gasteiger partial charge on any atom is -0.460 e. The Labute approximate surface area is 135 Å². The van der Waals surface area contributed by atoms with E-state index in [9.17, 15) is 4.79 Å². The van der Waals surface area contributed by atoms with Gasteiger partial charge in [0.25, 0.3) is 0 Å². The van der Waals surface area contributed by atoms with Crippen LogP contribution in [0.1, 0.15) is 77.6 Å². The van der Waals surface area contributed by atoms with Crippen molar-refractivity contribution in [3.05, 3.63) is 12.2 Å². The Kier molecular flexibility index (Phi) is 15.8. The fourth-order valence-corrected chi connectivity index (χ4v) is 2.21. The number of aliphatic hydroxyl groups excluding tert-OH is 2. The molecule has 22 heavy (non-hydrogen) atoms. The molecule has 1 unspecified atom stereocenters. The standard InChI is InChI=1S/C18H34O4/c1-2-3-4-5-6-7-8-9-10-11-12-13-14-18(21)22-16-17(20)15-19/h13-14,17,19-20H,2-12,15-16H2,1H3. The molecule has 0 saturated carbocycles. The second-order valence-corrected chi connectivity index (χ2v) is 5.84. The van der Waals surface area contributed by atoms with E-state index in [0.29, 0.717) is 0 Å². The maximum Gasteiger partial charge on any atom is 0.330 e. The molecule has 0 bridgehead atoms. The Morgan fingerprint density at radius 1 is 1.00 bits per heavy atom. The molecule has 2 N–H and O–H groups in total. The van der Waals surface area contributed by atoms with E-state index in [0.717, 1.165) is 12.8 Å². The van der Waals surface area contributed by atoms with Crippen molar-refractivity contribution in [2.75, 3.05) is 13.2 Å². The van der Waals surface area contributed by atoms with Crippen LogP contribution in [0.15, 0.2) is 12.2 Å². The first-order chi connectivity index (χ1) is 10.7. The lowest BCUT2D eigenvalue weighted by Gasteiger charge is -2.06. The summed E-state index contributed by atoms with van der Waals surface area (Å²) in [6.45, 7) is 1.69. The molecule has 0 spiro atoms. The number of aliphatic hydroxyl groups is 2. The van der Waals surface area contributed by atoms with Crippen LogP contribution >= 0.6 is 0 Å². The van der Waals surface area contributed by atoms with Crippen molar-refractivity contribution in [3.8, 4) is 0 Å². The van der Waals surface area contributed by atoms with Gasteiger partial charge in [-0.05, 0) is 12.8 Å². The predicted molar refractivity (Wildman–Crippen MR) is 89.7 cm³/mol. The van der Waals surface area contributed by atoms with E-state index in [2.05, 4.69) is 6.92 Å². The topological polar surface area (TPSA) is 66.8 Å². The lowest BCUT2D eigenvalue weighted by Crippen LogP contribution is -2.21. The van der Waals surface area contributed by atoms with E-state index >= 15 is 0 Å². The molecule has 0 aliphatic heterocycles. The fourth-order valence-electron chi connectivity index (χ4n) is 2.21. The summed E-state index contributed by atoms with van der Waals surface area (Å²) in [6.07, 6.45) is 16.2. The second-order valence-electron chi connectivity index (χ2n) is 5.84. The Balaban J connectivity index is 3.28. The van der Waals surface area contributed by atoms with Crippen LogP contribution in [0.3, 0.4) is 0 Å². The van der Waals surface area contributed by atoms with E-state index < -0.39 is 18.7 Å². The van der Waals surface area contributed by atoms with Crippen LogP contribution < -0.4 is 0 Å². The summed E-state index contributed by atoms with van der Waals surface area (Å²) >= 11 is 0. The number of hydrogen-bond acceptors (Lipinski definition) is 4. The van der Waals surface area contributed by atoms with Gasteiger partial charge in [0, 0.05) is 6.08 Å². The molecule has 0 heterocycles. The fraction of sp³-hybridized carbons (Fsp3) is 0.833. The predicted octanol–water partition coefficient (Wildman–Crippen LogP) is 3.75. The number of esters is 1. The van der Waals surface area contributed by atoms with Crippen molar-refractivity contribution >= 4 is 5.97 Å². The molecule has 0 radical (unpaired) electrons. The van der Waals surface area contributed by atoms with E-state index in [1.807, 2.05) is 6.08 Å². The molecule has 1 atom stereocenters. The number of hydrogen-bond donors (Lipinski definition) is 2. The molecule has 0 fully saturated rings. The average molecular weight is 314 g/mol. The molecule has 0 saturated heterocycles. The van der Waals surface area contributed by atoms with Crippen LogP contribution in [0.25, 0.3) is 0 Å². The minimum atomic E-state index is -0.987. The Bertz CT molecular complexity index is 276. The molecule has 0 aliphatic carbocycles. The molecule has 0 aromatic rings. The van der Waals surface area contributed by atoms with Gasteiger partial charge in [0.2, 0.25) is 0 Å². The largest absolute Gasteiger partial charge is 0.460 e. The van der Waals surface area contributed by atoms with E-state index in [1.54, 1.807) is 0 Å². The van der Waals surface area contributed by atoms with Crippen molar-refractivity contribution in [2.45, 2.75) is 83.7 Å². The molecular weight excluding hydrogens is 280 g/mol. The van der Waals surface area contributed by atoms with Crippen molar-refractivity contribution in [2.24, 2.45) is 0 Å². The van der Waals surface area contributed by atoms with Crippen LogP contribution in [-0.2, 0) is 9.53 Å². The van der Waals surface area contributed by atoms with Crippen molar-refractivity contribution < 1.29 is 19.7 Å². The lowest BCUT2D eigenvalue weighted by atomic mass is 10.1. The summed E-state index contributed by atoms with van der Waals surface area (Å²) < 4.78 is 4.76. The zero-order valence-electron chi connectivity index (χ0n) is 14.1. The quantitative estimate of drug-likeness (QED) is 0.274. The van der Waals surface area contributed by atoms with Gasteiger partial charge in [0.15, 0.2) is 0 Å². The molecule has 4 heteroatoms. The molecular formula is C18H34O4. The number of ether oxygens (including phenoxy) is 1. The zero-order valence-corrected chi connectivity index (χ0v) is 14.1. The van der Waals surface area contributed by atoms with E-state index in [-0.39, 0.29) is 6.61 Å². The van der Waals surface area contributed by atoms with Gasteiger partial charge in [0.1, 0.15) is 12.7 Å². The normalized spacial score (nSPS) is 12.7. The molecule has 0 amide bonds. The first-order valence-corrected chi connectivity index (χ1v) is 8.83. The third-order valence-corrected chi connectivity index (χ3v) is 3.61. The number of allylic oxidation sites excluding steroid dienone is 1. The van der Waals surface area contributed by atoms with Crippen LogP contribution in [-0.4, -0.2) is 35.5 Å². The Morgan fingerprint density at radius 2 is 1.55 bits per heavy atom. The SMILES string of the molecule is CCCCCCCCCCCCC=CC(=O)OCC(O)CO. The summed E-state index contributed by atoms with van der Waals surface area (Å²) in [5.41, 5.74) is 0. The number of rotatable bonds is 15. The minimum absolute atomic E-state index is 0.155. The van der Waals surface area contributed by atoms with Crippen LogP contribution in [0, 0.1) is 0 Å². The van der Waals surface area contributed by atoms with Gasteiger partial charge < -0.3 is 14.9 Å². The number of carbonyl (C=O) groups is 1. The summed E-state index contributed by atoms with van der Waals surface area (Å²) in [5.74, 6) is -0.459. The highest BCUT2D eigenvalue weighted by molar-refractivity contribution is 5.81. The van der Waals surface area contributed by atoms with Crippen LogP contribution in [0.4, 0.5) is 0 Å². The Morgan fingerprint density at radius 3 is 2.09 bits per heavy atom. The maximum atomic E-state index is 11.2. The number of unbranched alkanes of at least 4 members (excludes halogenated alkanes) is 10. The van der Waals surface area contributed by atoms with Gasteiger partial charge in [-0.25, -0.2) is 4.79 Å². The van der Waals surface area contributed by atoms with Gasteiger partial charge in [-0.3, -0.25) is 0 Å². The van der Waals surface area contributed by atoms with Crippen LogP contribution in [0.5, 0.6) is 0 Å². The van der Waals surface area contributed by atoms with E-state index in [1.165, 1.54) is 63.9 Å². The molecule has 0 aromatic heterocycles. The van der Waals surface area contributed by atoms with Gasteiger partial charge in [-0.15, -0.1) is 0 Å². The highest BCUT2D eigenvalue weighted by Crippen LogP contribution is 2.11. The third kappa shape index (κ3) is 15.5. The van der Waals surface area contributed by atoms with Crippen LogP contribution in [0.2, 0.25) is 0 Å². The highest BCUT2D eigenvalue weighted by Gasteiger charge is 2.04. The average Bonchev–Trinajstić information content (AvgIpc) is 2.53. The maximum absolute atomic E-state index is 11.2. The molecule has 130 valence electrons. The second kappa shape index (κ2) is 16.5. The highest BCUT2D eigenvalue weighted by atomic mass is 16.5. The van der Waals surface area contributed by atoms with Gasteiger partial charge in [-0.2, -0.15) is 0 Å². The van der Waals surface area contributed by atoms with Gasteiger partial charge in [0.05, 0.1) is 6.61 Å². The Hall–Kier alpha value is -0.870. The molecule has 0 aliphatic rings. The molecule has 0 aromatic carbocycles. The smallest absolute Gasteiger partial charge is 0.330 e. The summed E-state index contributed by atoms with van der Waals surface area (Å²) in [7, 11) is 0. The zero-order chi connectivity index (χ0) is 16.5.